The molecule has 1 saturated carbocycles. The van der Waals surface area contributed by atoms with Crippen molar-refractivity contribution < 1.29 is 19.7 Å². The highest BCUT2D eigenvalue weighted by molar-refractivity contribution is 5.90. The number of hydrogen-bond acceptors (Lipinski definition) is 4. The molecule has 4 heteroatoms. The quantitative estimate of drug-likeness (QED) is 0.614. The lowest BCUT2D eigenvalue weighted by Crippen LogP contribution is -2.56. The molecule has 0 radical (unpaired) electrons. The summed E-state index contributed by atoms with van der Waals surface area (Å²) in [7, 11) is 0. The summed E-state index contributed by atoms with van der Waals surface area (Å²) in [6.45, 7) is 8.91. The van der Waals surface area contributed by atoms with Crippen LogP contribution in [0.1, 0.15) is 59.8 Å². The maximum atomic E-state index is 11.8. The summed E-state index contributed by atoms with van der Waals surface area (Å²) >= 11 is 0. The van der Waals surface area contributed by atoms with Crippen LogP contribution in [0.4, 0.5) is 0 Å². The van der Waals surface area contributed by atoms with Gasteiger partial charge in [-0.1, -0.05) is 32.4 Å². The first-order valence-electron chi connectivity index (χ1n) is 9.14. The van der Waals surface area contributed by atoms with Crippen LogP contribution in [0.3, 0.4) is 0 Å². The fourth-order valence-electron chi connectivity index (χ4n) is 5.43. The highest BCUT2D eigenvalue weighted by Crippen LogP contribution is 2.61. The van der Waals surface area contributed by atoms with Crippen LogP contribution in [0.5, 0.6) is 0 Å². The van der Waals surface area contributed by atoms with E-state index >= 15 is 0 Å². The molecule has 2 N–H and O–H groups in total. The summed E-state index contributed by atoms with van der Waals surface area (Å²) in [6.07, 6.45) is 6.85. The van der Waals surface area contributed by atoms with Crippen molar-refractivity contribution in [2.75, 3.05) is 0 Å². The molecule has 134 valence electrons. The van der Waals surface area contributed by atoms with Crippen LogP contribution in [-0.2, 0) is 9.53 Å². The van der Waals surface area contributed by atoms with Crippen molar-refractivity contribution in [1.29, 1.82) is 0 Å². The fourth-order valence-corrected chi connectivity index (χ4v) is 5.43. The summed E-state index contributed by atoms with van der Waals surface area (Å²) < 4.78 is 4.81. The molecule has 4 nitrogen and oxygen atoms in total. The molecule has 1 heterocycles. The summed E-state index contributed by atoms with van der Waals surface area (Å²) in [4.78, 5) is 11.8. The maximum Gasteiger partial charge on any atom is 0.336 e. The molecule has 24 heavy (non-hydrogen) atoms. The molecular formula is C20H30O4. The maximum absolute atomic E-state index is 11.8. The van der Waals surface area contributed by atoms with E-state index in [0.717, 1.165) is 25.7 Å². The number of hydrogen-bond donors (Lipinski definition) is 2. The summed E-state index contributed by atoms with van der Waals surface area (Å²) in [6, 6.07) is 0. The molecule has 0 spiro atoms. The number of carbonyl (C=O) groups excluding carboxylic acids is 1. The molecule has 2 aliphatic carbocycles. The van der Waals surface area contributed by atoms with Crippen molar-refractivity contribution in [3.05, 3.63) is 23.3 Å². The Morgan fingerprint density at radius 2 is 2.04 bits per heavy atom. The van der Waals surface area contributed by atoms with E-state index in [0.29, 0.717) is 23.8 Å². The molecule has 0 saturated heterocycles. The van der Waals surface area contributed by atoms with Gasteiger partial charge >= 0.3 is 5.97 Å². The molecule has 1 aliphatic heterocycles. The van der Waals surface area contributed by atoms with E-state index in [4.69, 9.17) is 4.74 Å². The zero-order valence-corrected chi connectivity index (χ0v) is 15.2. The second-order valence-electron chi connectivity index (χ2n) is 8.45. The van der Waals surface area contributed by atoms with Crippen LogP contribution in [-0.4, -0.2) is 28.6 Å². The highest BCUT2D eigenvalue weighted by Gasteiger charge is 2.57. The summed E-state index contributed by atoms with van der Waals surface area (Å²) in [5, 5.41) is 20.3. The van der Waals surface area contributed by atoms with E-state index in [1.54, 1.807) is 0 Å². The van der Waals surface area contributed by atoms with Gasteiger partial charge in [-0.2, -0.15) is 0 Å². The van der Waals surface area contributed by atoms with Gasteiger partial charge in [0.15, 0.2) is 0 Å². The lowest BCUT2D eigenvalue weighted by molar-refractivity contribution is -0.151. The van der Waals surface area contributed by atoms with Crippen molar-refractivity contribution in [3.8, 4) is 0 Å². The average molecular weight is 334 g/mol. The van der Waals surface area contributed by atoms with Crippen LogP contribution in [0.25, 0.3) is 0 Å². The van der Waals surface area contributed by atoms with Crippen molar-refractivity contribution in [1.82, 2.24) is 0 Å². The van der Waals surface area contributed by atoms with Crippen LogP contribution in [0, 0.1) is 22.7 Å². The highest BCUT2D eigenvalue weighted by atomic mass is 16.6. The molecule has 3 aliphatic rings. The number of rotatable bonds is 3. The zero-order chi connectivity index (χ0) is 17.7. The average Bonchev–Trinajstić information content (AvgIpc) is 2.84. The number of allylic oxidation sites excluding steroid dienone is 1. The van der Waals surface area contributed by atoms with Crippen molar-refractivity contribution in [3.63, 3.8) is 0 Å². The van der Waals surface area contributed by atoms with Gasteiger partial charge in [-0.3, -0.25) is 0 Å². The predicted octanol–water partition coefficient (Wildman–Crippen LogP) is 3.34. The van der Waals surface area contributed by atoms with E-state index in [-0.39, 0.29) is 16.9 Å². The molecule has 6 atom stereocenters. The third-order valence-electron chi connectivity index (χ3n) is 7.44. The number of ether oxygens (including phenoxy) is 1. The zero-order valence-electron chi connectivity index (χ0n) is 15.2. The SMILES string of the molecule is CC1=CCCC2C(C)(CCC3=CC(O)OC3=O)C(C)CC(O)C12C. The monoisotopic (exact) mass is 334 g/mol. The lowest BCUT2D eigenvalue weighted by atomic mass is 9.46. The third kappa shape index (κ3) is 2.55. The Labute approximate surface area is 144 Å². The lowest BCUT2D eigenvalue weighted by Gasteiger charge is -2.60. The van der Waals surface area contributed by atoms with E-state index in [2.05, 4.69) is 33.8 Å². The van der Waals surface area contributed by atoms with Crippen molar-refractivity contribution >= 4 is 5.97 Å². The smallest absolute Gasteiger partial charge is 0.336 e. The number of carbonyl (C=O) groups is 1. The number of fused-ring (bicyclic) bond motifs is 1. The van der Waals surface area contributed by atoms with E-state index in [9.17, 15) is 15.0 Å². The van der Waals surface area contributed by atoms with Gasteiger partial charge in [0.2, 0.25) is 6.29 Å². The minimum Gasteiger partial charge on any atom is -0.429 e. The van der Waals surface area contributed by atoms with E-state index < -0.39 is 12.3 Å². The molecule has 3 rings (SSSR count). The van der Waals surface area contributed by atoms with Crippen LogP contribution in [0.2, 0.25) is 0 Å². The van der Waals surface area contributed by atoms with Crippen molar-refractivity contribution in [2.45, 2.75) is 72.2 Å². The Kier molecular flexibility index (Phi) is 4.42. The third-order valence-corrected chi connectivity index (χ3v) is 7.44. The van der Waals surface area contributed by atoms with Gasteiger partial charge in [-0.05, 0) is 62.4 Å². The number of esters is 1. The molecule has 0 amide bonds. The number of aliphatic hydroxyl groups is 2. The Morgan fingerprint density at radius 1 is 1.33 bits per heavy atom. The Balaban J connectivity index is 1.86. The largest absolute Gasteiger partial charge is 0.429 e. The van der Waals surface area contributed by atoms with Crippen LogP contribution < -0.4 is 0 Å². The Hall–Kier alpha value is -1.13. The fraction of sp³-hybridized carbons (Fsp3) is 0.750. The molecule has 6 unspecified atom stereocenters. The molecule has 0 aromatic carbocycles. The normalized spacial score (nSPS) is 45.3. The van der Waals surface area contributed by atoms with Gasteiger partial charge in [0, 0.05) is 11.0 Å². The van der Waals surface area contributed by atoms with Crippen molar-refractivity contribution in [2.24, 2.45) is 22.7 Å². The van der Waals surface area contributed by atoms with Gasteiger partial charge in [0.25, 0.3) is 0 Å². The standard InChI is InChI=1S/C20H30O4/c1-12-6-5-7-15-19(3,13(2)10-16(21)20(12,15)4)9-8-14-11-17(22)24-18(14)23/h6,11,13,15-17,21-22H,5,7-10H2,1-4H3. The number of aliphatic hydroxyl groups excluding tert-OH is 2. The topological polar surface area (TPSA) is 66.8 Å². The summed E-state index contributed by atoms with van der Waals surface area (Å²) in [5.74, 6) is 0.396. The molecule has 0 aromatic rings. The Morgan fingerprint density at radius 3 is 2.67 bits per heavy atom. The van der Waals surface area contributed by atoms with Crippen LogP contribution in [0.15, 0.2) is 23.3 Å². The molecule has 1 fully saturated rings. The van der Waals surface area contributed by atoms with Gasteiger partial charge in [0.1, 0.15) is 0 Å². The van der Waals surface area contributed by atoms with Gasteiger partial charge in [0.05, 0.1) is 6.10 Å². The van der Waals surface area contributed by atoms with E-state index in [1.165, 1.54) is 11.6 Å². The van der Waals surface area contributed by atoms with Gasteiger partial charge < -0.3 is 14.9 Å². The first-order valence-corrected chi connectivity index (χ1v) is 9.14. The van der Waals surface area contributed by atoms with E-state index in [1.807, 2.05) is 0 Å². The first kappa shape index (κ1) is 17.7. The van der Waals surface area contributed by atoms with Gasteiger partial charge in [-0.15, -0.1) is 0 Å². The first-order chi connectivity index (χ1) is 11.2. The molecule has 0 aromatic heterocycles. The minimum atomic E-state index is -1.09. The second kappa shape index (κ2) is 5.99. The number of cyclic esters (lactones) is 1. The molecular weight excluding hydrogens is 304 g/mol. The predicted molar refractivity (Wildman–Crippen MR) is 91.9 cm³/mol. The minimum absolute atomic E-state index is 0.0537. The molecule has 0 bridgehead atoms. The second-order valence-corrected chi connectivity index (χ2v) is 8.45. The Bertz CT molecular complexity index is 592. The van der Waals surface area contributed by atoms with Gasteiger partial charge in [-0.25, -0.2) is 4.79 Å². The van der Waals surface area contributed by atoms with Crippen LogP contribution >= 0.6 is 0 Å². The summed E-state index contributed by atoms with van der Waals surface area (Å²) in [5.41, 5.74) is 1.77.